The number of carbonyl (C=O) groups excluding carboxylic acids is 2. The van der Waals surface area contributed by atoms with E-state index in [9.17, 15) is 9.59 Å². The molecule has 2 aliphatic heterocycles. The van der Waals surface area contributed by atoms with Crippen LogP contribution in [-0.4, -0.2) is 64.9 Å². The van der Waals surface area contributed by atoms with Crippen molar-refractivity contribution in [1.82, 2.24) is 19.8 Å². The summed E-state index contributed by atoms with van der Waals surface area (Å²) in [7, 11) is 1.75. The van der Waals surface area contributed by atoms with Gasteiger partial charge in [0.05, 0.1) is 17.2 Å². The third kappa shape index (κ3) is 3.59. The van der Waals surface area contributed by atoms with Crippen molar-refractivity contribution in [3.63, 3.8) is 0 Å². The van der Waals surface area contributed by atoms with Gasteiger partial charge in [-0.1, -0.05) is 12.1 Å². The smallest absolute Gasteiger partial charge is 0.319 e. The molecule has 142 valence electrons. The van der Waals surface area contributed by atoms with Gasteiger partial charge in [0, 0.05) is 39.1 Å². The second-order valence-electron chi connectivity index (χ2n) is 7.35. The van der Waals surface area contributed by atoms with Gasteiger partial charge in [-0.25, -0.2) is 9.78 Å². The monoisotopic (exact) mass is 367 g/mol. The van der Waals surface area contributed by atoms with Crippen molar-refractivity contribution >= 4 is 28.8 Å². The lowest BCUT2D eigenvalue weighted by Gasteiger charge is -2.35. The molecule has 2 aromatic rings. The van der Waals surface area contributed by atoms with Gasteiger partial charge in [0.15, 0.2) is 5.82 Å². The summed E-state index contributed by atoms with van der Waals surface area (Å²) < 4.78 is 0. The van der Waals surface area contributed by atoms with Crippen LogP contribution in [0.4, 0.5) is 10.6 Å². The number of piperidine rings is 1. The van der Waals surface area contributed by atoms with Crippen LogP contribution in [0, 0.1) is 5.92 Å². The molecule has 2 aliphatic rings. The molecule has 2 fully saturated rings. The molecule has 27 heavy (non-hydrogen) atoms. The molecule has 0 spiro atoms. The molecule has 0 radical (unpaired) electrons. The Labute approximate surface area is 159 Å². The Morgan fingerprint density at radius 1 is 1.00 bits per heavy atom. The second-order valence-corrected chi connectivity index (χ2v) is 7.35. The molecule has 0 aliphatic carbocycles. The first kappa shape index (κ1) is 17.7. The predicted molar refractivity (Wildman–Crippen MR) is 103 cm³/mol. The number of hydrogen-bond donors (Lipinski definition) is 0. The molecule has 1 aromatic carbocycles. The van der Waals surface area contributed by atoms with E-state index in [-0.39, 0.29) is 17.9 Å². The summed E-state index contributed by atoms with van der Waals surface area (Å²) in [5.74, 6) is 0.535. The summed E-state index contributed by atoms with van der Waals surface area (Å²) in [6, 6.07) is 7.76. The Kier molecular flexibility index (Phi) is 4.92. The van der Waals surface area contributed by atoms with Gasteiger partial charge in [0.1, 0.15) is 0 Å². The molecule has 7 heteroatoms. The summed E-state index contributed by atoms with van der Waals surface area (Å²) in [6.07, 6.45) is 5.23. The number of anilines is 1. The van der Waals surface area contributed by atoms with Gasteiger partial charge in [-0.15, -0.1) is 0 Å². The van der Waals surface area contributed by atoms with Crippen LogP contribution in [0.3, 0.4) is 0 Å². The minimum atomic E-state index is -0.0779. The number of nitrogens with zero attached hydrogens (tertiary/aromatic N) is 5. The van der Waals surface area contributed by atoms with E-state index in [1.165, 1.54) is 0 Å². The minimum absolute atomic E-state index is 0.0489. The summed E-state index contributed by atoms with van der Waals surface area (Å²) >= 11 is 0. The number of likely N-dealkylation sites (tertiary alicyclic amines) is 2. The number of hydrogen-bond acceptors (Lipinski definition) is 4. The highest BCUT2D eigenvalue weighted by molar-refractivity contribution is 5.94. The van der Waals surface area contributed by atoms with Crippen LogP contribution in [0.5, 0.6) is 0 Å². The van der Waals surface area contributed by atoms with Crippen molar-refractivity contribution in [2.75, 3.05) is 38.1 Å². The van der Waals surface area contributed by atoms with Crippen molar-refractivity contribution in [3.8, 4) is 0 Å². The number of amides is 3. The molecule has 0 unspecified atom stereocenters. The van der Waals surface area contributed by atoms with Crippen LogP contribution in [0.2, 0.25) is 0 Å². The highest BCUT2D eigenvalue weighted by Crippen LogP contribution is 2.24. The van der Waals surface area contributed by atoms with Crippen LogP contribution >= 0.6 is 0 Å². The zero-order chi connectivity index (χ0) is 18.8. The lowest BCUT2D eigenvalue weighted by molar-refractivity contribution is -0.123. The Morgan fingerprint density at radius 2 is 1.63 bits per heavy atom. The first-order valence-corrected chi connectivity index (χ1v) is 9.67. The summed E-state index contributed by atoms with van der Waals surface area (Å²) in [4.78, 5) is 39.8. The van der Waals surface area contributed by atoms with Crippen molar-refractivity contribution in [3.05, 3.63) is 30.5 Å². The molecule has 2 saturated heterocycles. The molecule has 4 rings (SSSR count). The van der Waals surface area contributed by atoms with E-state index in [0.717, 1.165) is 37.0 Å². The molecule has 7 nitrogen and oxygen atoms in total. The molecule has 0 N–H and O–H groups in total. The Balaban J connectivity index is 1.38. The number of rotatable bonds is 2. The van der Waals surface area contributed by atoms with Crippen LogP contribution in [0.1, 0.15) is 25.7 Å². The Hall–Kier alpha value is -2.70. The standard InChI is InChI=1S/C20H25N5O2/c1-23(18-14-21-16-6-2-3-7-17(16)22-18)19(26)15-8-12-25(13-9-15)20(27)24-10-4-5-11-24/h2-3,6-7,14-15H,4-5,8-13H2,1H3. The molecule has 3 amide bonds. The number of benzene rings is 1. The van der Waals surface area contributed by atoms with Crippen LogP contribution < -0.4 is 4.90 Å². The van der Waals surface area contributed by atoms with E-state index >= 15 is 0 Å². The summed E-state index contributed by atoms with van der Waals surface area (Å²) in [6.45, 7) is 3.01. The lowest BCUT2D eigenvalue weighted by atomic mass is 9.95. The number of aromatic nitrogens is 2. The maximum atomic E-state index is 12.9. The Bertz CT molecular complexity index is 841. The average molecular weight is 367 g/mol. The summed E-state index contributed by atoms with van der Waals surface area (Å²) in [5, 5.41) is 0. The first-order valence-electron chi connectivity index (χ1n) is 9.67. The highest BCUT2D eigenvalue weighted by atomic mass is 16.2. The number of para-hydroxylation sites is 2. The molecule has 0 bridgehead atoms. The number of urea groups is 1. The zero-order valence-electron chi connectivity index (χ0n) is 15.7. The summed E-state index contributed by atoms with van der Waals surface area (Å²) in [5.41, 5.74) is 1.59. The van der Waals surface area contributed by atoms with E-state index in [0.29, 0.717) is 31.7 Å². The second kappa shape index (κ2) is 7.50. The lowest BCUT2D eigenvalue weighted by Crippen LogP contribution is -2.48. The molecule has 0 atom stereocenters. The normalized spacial score (nSPS) is 18.1. The van der Waals surface area contributed by atoms with Crippen molar-refractivity contribution in [2.45, 2.75) is 25.7 Å². The number of fused-ring (bicyclic) bond motifs is 1. The van der Waals surface area contributed by atoms with E-state index in [4.69, 9.17) is 0 Å². The van der Waals surface area contributed by atoms with E-state index < -0.39 is 0 Å². The van der Waals surface area contributed by atoms with Gasteiger partial charge in [-0.2, -0.15) is 0 Å². The first-order chi connectivity index (χ1) is 13.1. The fourth-order valence-corrected chi connectivity index (χ4v) is 3.92. The maximum absolute atomic E-state index is 12.9. The van der Waals surface area contributed by atoms with E-state index in [1.807, 2.05) is 34.1 Å². The van der Waals surface area contributed by atoms with Gasteiger partial charge in [0.25, 0.3) is 0 Å². The van der Waals surface area contributed by atoms with Gasteiger partial charge in [0.2, 0.25) is 5.91 Å². The molecular weight excluding hydrogens is 342 g/mol. The third-order valence-electron chi connectivity index (χ3n) is 5.60. The SMILES string of the molecule is CN(C(=O)C1CCN(C(=O)N2CCCC2)CC1)c1cnc2ccccc2n1. The molecule has 0 saturated carbocycles. The van der Waals surface area contributed by atoms with Crippen molar-refractivity contribution < 1.29 is 9.59 Å². The topological polar surface area (TPSA) is 69.6 Å². The fraction of sp³-hybridized carbons (Fsp3) is 0.500. The Morgan fingerprint density at radius 3 is 2.33 bits per heavy atom. The predicted octanol–water partition coefficient (Wildman–Crippen LogP) is 2.52. The van der Waals surface area contributed by atoms with Gasteiger partial charge in [-0.3, -0.25) is 14.7 Å². The van der Waals surface area contributed by atoms with Gasteiger partial charge >= 0.3 is 6.03 Å². The molecule has 3 heterocycles. The largest absolute Gasteiger partial charge is 0.325 e. The fourth-order valence-electron chi connectivity index (χ4n) is 3.92. The van der Waals surface area contributed by atoms with Crippen molar-refractivity contribution in [1.29, 1.82) is 0 Å². The van der Waals surface area contributed by atoms with Crippen LogP contribution in [0.25, 0.3) is 11.0 Å². The molecule has 1 aromatic heterocycles. The van der Waals surface area contributed by atoms with Crippen LogP contribution in [0.15, 0.2) is 30.5 Å². The minimum Gasteiger partial charge on any atom is -0.325 e. The van der Waals surface area contributed by atoms with Crippen molar-refractivity contribution in [2.24, 2.45) is 5.92 Å². The number of carbonyl (C=O) groups is 2. The zero-order valence-corrected chi connectivity index (χ0v) is 15.7. The third-order valence-corrected chi connectivity index (χ3v) is 5.60. The quantitative estimate of drug-likeness (QED) is 0.818. The van der Waals surface area contributed by atoms with Gasteiger partial charge < -0.3 is 9.80 Å². The highest BCUT2D eigenvalue weighted by Gasteiger charge is 2.32. The van der Waals surface area contributed by atoms with Crippen LogP contribution in [-0.2, 0) is 4.79 Å². The molecular formula is C20H25N5O2. The average Bonchev–Trinajstić information content (AvgIpc) is 3.27. The van der Waals surface area contributed by atoms with E-state index in [1.54, 1.807) is 18.1 Å². The van der Waals surface area contributed by atoms with E-state index in [2.05, 4.69) is 9.97 Å². The maximum Gasteiger partial charge on any atom is 0.319 e. The van der Waals surface area contributed by atoms with Gasteiger partial charge in [-0.05, 0) is 37.8 Å².